The third-order valence-electron chi connectivity index (χ3n) is 3.70. The van der Waals surface area contributed by atoms with E-state index in [-0.39, 0.29) is 6.61 Å². The fraction of sp³-hybridized carbons (Fsp3) is 0.471. The first kappa shape index (κ1) is 19.5. The topological polar surface area (TPSA) is 86.0 Å². The van der Waals surface area contributed by atoms with Crippen LogP contribution in [0.15, 0.2) is 22.6 Å². The maximum atomic E-state index is 12.3. The molecule has 1 aromatic rings. The monoisotopic (exact) mass is 461 g/mol. The maximum absolute atomic E-state index is 12.3. The van der Waals surface area contributed by atoms with Crippen molar-refractivity contribution in [1.29, 1.82) is 0 Å². The number of ether oxygens (including phenoxy) is 2. The summed E-state index contributed by atoms with van der Waals surface area (Å²) in [5.74, 6) is -0.934. The van der Waals surface area contributed by atoms with Gasteiger partial charge in [0.1, 0.15) is 11.8 Å². The van der Waals surface area contributed by atoms with Crippen LogP contribution >= 0.6 is 22.6 Å². The number of esters is 2. The molecule has 1 amide bonds. The molecule has 1 aromatic heterocycles. The quantitative estimate of drug-likeness (QED) is 0.368. The van der Waals surface area contributed by atoms with E-state index in [1.807, 2.05) is 22.6 Å². The third-order valence-corrected chi connectivity index (χ3v) is 4.28. The molecule has 1 unspecified atom stereocenters. The summed E-state index contributed by atoms with van der Waals surface area (Å²) in [5, 5.41) is 0. The molecular weight excluding hydrogens is 441 g/mol. The number of hydrogen-bond acceptors (Lipinski definition) is 6. The molecule has 1 aliphatic rings. The van der Waals surface area contributed by atoms with E-state index in [0.29, 0.717) is 22.5 Å². The highest BCUT2D eigenvalue weighted by molar-refractivity contribution is 14.1. The van der Waals surface area contributed by atoms with Gasteiger partial charge in [0.2, 0.25) is 0 Å². The minimum absolute atomic E-state index is 0.267. The van der Waals surface area contributed by atoms with Gasteiger partial charge in [-0.1, -0.05) is 0 Å². The van der Waals surface area contributed by atoms with Crippen molar-refractivity contribution >= 4 is 46.5 Å². The molecule has 1 saturated heterocycles. The number of carbonyl (C=O) groups is 3. The summed E-state index contributed by atoms with van der Waals surface area (Å²) in [5.41, 5.74) is 0. The number of nitrogens with zero attached hydrogens (tertiary/aromatic N) is 1. The highest BCUT2D eigenvalue weighted by Crippen LogP contribution is 2.18. The lowest BCUT2D eigenvalue weighted by molar-refractivity contribution is -0.159. The van der Waals surface area contributed by atoms with Gasteiger partial charge in [0.25, 0.3) is 5.91 Å². The van der Waals surface area contributed by atoms with E-state index in [1.54, 1.807) is 19.1 Å². The van der Waals surface area contributed by atoms with Gasteiger partial charge in [0.15, 0.2) is 10.4 Å². The Labute approximate surface area is 159 Å². The summed E-state index contributed by atoms with van der Waals surface area (Å²) in [6.45, 7) is 2.04. The Morgan fingerprint density at radius 1 is 1.32 bits per heavy atom. The third kappa shape index (κ3) is 5.87. The zero-order chi connectivity index (χ0) is 18.2. The molecular formula is C17H20INO6. The number of carbonyl (C=O) groups excluding carboxylic acids is 3. The Balaban J connectivity index is 1.86. The molecule has 2 rings (SSSR count). The fourth-order valence-corrected chi connectivity index (χ4v) is 2.98. The first-order valence-electron chi connectivity index (χ1n) is 8.07. The van der Waals surface area contributed by atoms with Gasteiger partial charge in [-0.3, -0.25) is 4.79 Å². The molecule has 2 heterocycles. The van der Waals surface area contributed by atoms with Gasteiger partial charge in [0.05, 0.1) is 6.61 Å². The number of likely N-dealkylation sites (tertiary alicyclic amines) is 1. The van der Waals surface area contributed by atoms with Gasteiger partial charge in [-0.15, -0.1) is 0 Å². The summed E-state index contributed by atoms with van der Waals surface area (Å²) >= 11 is 2.02. The van der Waals surface area contributed by atoms with Crippen molar-refractivity contribution in [2.75, 3.05) is 19.8 Å². The molecule has 0 aliphatic carbocycles. The van der Waals surface area contributed by atoms with Crippen molar-refractivity contribution in [3.05, 3.63) is 27.7 Å². The molecule has 136 valence electrons. The van der Waals surface area contributed by atoms with Crippen molar-refractivity contribution in [1.82, 2.24) is 4.90 Å². The Bertz CT molecular complexity index is 653. The summed E-state index contributed by atoms with van der Waals surface area (Å²) in [6, 6.07) is 2.88. The Morgan fingerprint density at radius 2 is 2.12 bits per heavy atom. The number of furan rings is 1. The lowest BCUT2D eigenvalue weighted by Crippen LogP contribution is -2.50. The molecule has 1 atom stereocenters. The van der Waals surface area contributed by atoms with Gasteiger partial charge >= 0.3 is 11.9 Å². The van der Waals surface area contributed by atoms with Crippen molar-refractivity contribution < 1.29 is 28.3 Å². The minimum atomic E-state index is -0.649. The van der Waals surface area contributed by atoms with Crippen LogP contribution in [0.2, 0.25) is 0 Å². The standard InChI is InChI=1S/C17H20INO6/c1-2-23-17(22)13-5-3-4-10-19(13)15(20)11-24-16(21)9-7-12-6-8-14(18)25-12/h6-9,13H,2-5,10-11H2,1H3/b9-7+. The van der Waals surface area contributed by atoms with Crippen molar-refractivity contribution in [3.63, 3.8) is 0 Å². The van der Waals surface area contributed by atoms with Gasteiger partial charge in [-0.25, -0.2) is 9.59 Å². The van der Waals surface area contributed by atoms with Gasteiger partial charge < -0.3 is 18.8 Å². The lowest BCUT2D eigenvalue weighted by atomic mass is 10.0. The summed E-state index contributed by atoms with van der Waals surface area (Å²) in [7, 11) is 0. The fourth-order valence-electron chi connectivity index (χ4n) is 2.55. The molecule has 25 heavy (non-hydrogen) atoms. The van der Waals surface area contributed by atoms with Crippen LogP contribution in [0.3, 0.4) is 0 Å². The van der Waals surface area contributed by atoms with E-state index >= 15 is 0 Å². The van der Waals surface area contributed by atoms with Gasteiger partial charge in [0, 0.05) is 12.6 Å². The van der Waals surface area contributed by atoms with Gasteiger partial charge in [-0.05, 0) is 67.0 Å². The van der Waals surface area contributed by atoms with Crippen LogP contribution in [0.4, 0.5) is 0 Å². The van der Waals surface area contributed by atoms with E-state index < -0.39 is 30.5 Å². The van der Waals surface area contributed by atoms with E-state index in [0.717, 1.165) is 12.8 Å². The first-order valence-corrected chi connectivity index (χ1v) is 9.15. The van der Waals surface area contributed by atoms with E-state index in [2.05, 4.69) is 0 Å². The Morgan fingerprint density at radius 3 is 2.80 bits per heavy atom. The summed E-state index contributed by atoms with van der Waals surface area (Å²) in [6.07, 6.45) is 4.90. The normalized spacial score (nSPS) is 17.5. The number of piperidine rings is 1. The van der Waals surface area contributed by atoms with E-state index in [1.165, 1.54) is 17.1 Å². The van der Waals surface area contributed by atoms with E-state index in [4.69, 9.17) is 13.9 Å². The molecule has 7 nitrogen and oxygen atoms in total. The first-order chi connectivity index (χ1) is 12.0. The molecule has 8 heteroatoms. The number of rotatable bonds is 6. The average Bonchev–Trinajstić information content (AvgIpc) is 3.03. The molecule has 1 fully saturated rings. The zero-order valence-corrected chi connectivity index (χ0v) is 16.1. The average molecular weight is 461 g/mol. The van der Waals surface area contributed by atoms with E-state index in [9.17, 15) is 14.4 Å². The van der Waals surface area contributed by atoms with Crippen molar-refractivity contribution in [2.24, 2.45) is 0 Å². The molecule has 0 N–H and O–H groups in total. The highest BCUT2D eigenvalue weighted by atomic mass is 127. The molecule has 0 radical (unpaired) electrons. The maximum Gasteiger partial charge on any atom is 0.331 e. The van der Waals surface area contributed by atoms with Crippen LogP contribution < -0.4 is 0 Å². The van der Waals surface area contributed by atoms with Crippen LogP contribution in [0.5, 0.6) is 0 Å². The van der Waals surface area contributed by atoms with Crippen LogP contribution in [0.1, 0.15) is 31.9 Å². The predicted octanol–water partition coefficient (Wildman–Crippen LogP) is 2.38. The van der Waals surface area contributed by atoms with Crippen LogP contribution in [0.25, 0.3) is 6.08 Å². The molecule has 0 spiro atoms. The second-order valence-electron chi connectivity index (χ2n) is 5.43. The minimum Gasteiger partial charge on any atom is -0.464 e. The van der Waals surface area contributed by atoms with Crippen LogP contribution in [0, 0.1) is 3.77 Å². The van der Waals surface area contributed by atoms with Crippen molar-refractivity contribution in [2.45, 2.75) is 32.2 Å². The molecule has 1 aliphatic heterocycles. The molecule has 0 aromatic carbocycles. The highest BCUT2D eigenvalue weighted by Gasteiger charge is 2.33. The zero-order valence-electron chi connectivity index (χ0n) is 13.9. The second kappa shape index (κ2) is 9.59. The SMILES string of the molecule is CCOC(=O)C1CCCCN1C(=O)COC(=O)/C=C/c1ccc(I)o1. The summed E-state index contributed by atoms with van der Waals surface area (Å²) in [4.78, 5) is 37.4. The number of hydrogen-bond donors (Lipinski definition) is 0. The van der Waals surface area contributed by atoms with Crippen LogP contribution in [-0.4, -0.2) is 48.5 Å². The molecule has 0 bridgehead atoms. The summed E-state index contributed by atoms with van der Waals surface area (Å²) < 4.78 is 16.0. The van der Waals surface area contributed by atoms with Crippen LogP contribution in [-0.2, 0) is 23.9 Å². The smallest absolute Gasteiger partial charge is 0.331 e. The number of amides is 1. The lowest BCUT2D eigenvalue weighted by Gasteiger charge is -2.33. The van der Waals surface area contributed by atoms with Crippen molar-refractivity contribution in [3.8, 4) is 0 Å². The Hall–Kier alpha value is -1.84. The molecule has 0 saturated carbocycles. The largest absolute Gasteiger partial charge is 0.464 e. The Kier molecular flexibility index (Phi) is 7.48. The van der Waals surface area contributed by atoms with Gasteiger partial charge in [-0.2, -0.15) is 0 Å². The second-order valence-corrected chi connectivity index (χ2v) is 6.50. The number of halogens is 1. The predicted molar refractivity (Wildman–Crippen MR) is 97.4 cm³/mol.